The topological polar surface area (TPSA) is 35.6 Å². The molecule has 0 aliphatic heterocycles. The maximum Gasteiger partial charge on any atom is 0.160 e. The molecule has 4 nitrogen and oxygen atoms in total. The molecule has 0 bridgehead atoms. The van der Waals surface area contributed by atoms with E-state index in [1.54, 1.807) is 0 Å². The second-order valence-corrected chi connectivity index (χ2v) is 15.0. The van der Waals surface area contributed by atoms with Gasteiger partial charge in [-0.05, 0) is 101 Å². The predicted molar refractivity (Wildman–Crippen MR) is 242 cm³/mol. The first-order valence-electron chi connectivity index (χ1n) is 19.7. The summed E-state index contributed by atoms with van der Waals surface area (Å²) in [7, 11) is 0. The Bertz CT molecular complexity index is 3540. The van der Waals surface area contributed by atoms with Crippen molar-refractivity contribution in [2.24, 2.45) is 0 Å². The first kappa shape index (κ1) is 32.4. The van der Waals surface area contributed by atoms with Crippen molar-refractivity contribution < 1.29 is 0 Å². The quantitative estimate of drug-likeness (QED) is 0.176. The van der Waals surface area contributed by atoms with Crippen molar-refractivity contribution in [3.63, 3.8) is 0 Å². The Morgan fingerprint density at radius 3 is 1.53 bits per heavy atom. The maximum absolute atomic E-state index is 5.25. The number of rotatable bonds is 5. The van der Waals surface area contributed by atoms with E-state index in [-0.39, 0.29) is 0 Å². The molecule has 0 amide bonds. The lowest BCUT2D eigenvalue weighted by Gasteiger charge is -2.12. The lowest BCUT2D eigenvalue weighted by molar-refractivity contribution is 1.17. The molecule has 0 fully saturated rings. The van der Waals surface area contributed by atoms with Crippen molar-refractivity contribution in [2.45, 2.75) is 0 Å². The minimum atomic E-state index is 0.700. The highest BCUT2D eigenvalue weighted by Crippen LogP contribution is 2.42. The molecule has 0 saturated carbocycles. The number of hydrogen-bond acceptors (Lipinski definition) is 2. The first-order valence-corrected chi connectivity index (χ1v) is 19.7. The summed E-state index contributed by atoms with van der Waals surface area (Å²) < 4.78 is 4.79. The number of nitrogens with zero attached hydrogens (tertiary/aromatic N) is 4. The van der Waals surface area contributed by atoms with Gasteiger partial charge in [-0.25, -0.2) is 9.97 Å². The summed E-state index contributed by atoms with van der Waals surface area (Å²) in [6.45, 7) is 0. The molecule has 0 radical (unpaired) electrons. The van der Waals surface area contributed by atoms with Crippen LogP contribution in [0.3, 0.4) is 0 Å². The van der Waals surface area contributed by atoms with Crippen LogP contribution in [0.25, 0.3) is 110 Å². The fraction of sp³-hybridized carbons (Fsp3) is 0. The van der Waals surface area contributed by atoms with Gasteiger partial charge in [0, 0.05) is 49.4 Å². The number of aromatic nitrogens is 4. The Labute approximate surface area is 334 Å². The van der Waals surface area contributed by atoms with E-state index >= 15 is 0 Å². The second-order valence-electron chi connectivity index (χ2n) is 15.0. The summed E-state index contributed by atoms with van der Waals surface area (Å²) in [6, 6.07) is 73.7. The molecule has 0 atom stereocenters. The molecule has 3 aromatic heterocycles. The van der Waals surface area contributed by atoms with E-state index in [1.807, 2.05) is 6.07 Å². The fourth-order valence-corrected chi connectivity index (χ4v) is 9.03. The second kappa shape index (κ2) is 12.9. The molecule has 58 heavy (non-hydrogen) atoms. The van der Waals surface area contributed by atoms with Gasteiger partial charge in [-0.15, -0.1) is 0 Å². The third kappa shape index (κ3) is 5.02. The average molecular weight is 739 g/mol. The van der Waals surface area contributed by atoms with Gasteiger partial charge in [-0.3, -0.25) is 0 Å². The summed E-state index contributed by atoms with van der Waals surface area (Å²) in [4.78, 5) is 10.5. The van der Waals surface area contributed by atoms with E-state index in [2.05, 4.69) is 209 Å². The molecule has 0 spiro atoms. The van der Waals surface area contributed by atoms with Crippen molar-refractivity contribution in [2.75, 3.05) is 0 Å². The molecule has 0 saturated heterocycles. The third-order valence-corrected chi connectivity index (χ3v) is 11.7. The number of hydrogen-bond donors (Lipinski definition) is 0. The van der Waals surface area contributed by atoms with Crippen molar-refractivity contribution >= 4 is 65.3 Å². The highest BCUT2D eigenvalue weighted by atomic mass is 15.0. The summed E-state index contributed by atoms with van der Waals surface area (Å²) in [6.07, 6.45) is 0. The van der Waals surface area contributed by atoms with Crippen LogP contribution in [0.4, 0.5) is 0 Å². The Kier molecular flexibility index (Phi) is 7.20. The van der Waals surface area contributed by atoms with Crippen LogP contribution in [0.5, 0.6) is 0 Å². The summed E-state index contributed by atoms with van der Waals surface area (Å²) >= 11 is 0. The summed E-state index contributed by atoms with van der Waals surface area (Å²) in [5.74, 6) is 0.700. The van der Waals surface area contributed by atoms with Crippen LogP contribution in [-0.4, -0.2) is 19.1 Å². The van der Waals surface area contributed by atoms with Gasteiger partial charge in [-0.2, -0.15) is 0 Å². The SMILES string of the molecule is c1ccc(-c2nc(-c3ccc(-n4c5ccccc5c5c6c7ccccc7n(-c7ccccc7)c6ccc54)cc3)nc3cc(-c4ccc5ccccc5c4)ccc23)cc1. The Balaban J connectivity index is 1.02. The van der Waals surface area contributed by atoms with Crippen LogP contribution in [0.15, 0.2) is 206 Å². The van der Waals surface area contributed by atoms with Gasteiger partial charge in [0.1, 0.15) is 0 Å². The summed E-state index contributed by atoms with van der Waals surface area (Å²) in [5, 5.41) is 8.49. The molecule has 12 aromatic rings. The minimum absolute atomic E-state index is 0.700. The third-order valence-electron chi connectivity index (χ3n) is 11.7. The predicted octanol–water partition coefficient (Wildman–Crippen LogP) is 14.0. The van der Waals surface area contributed by atoms with Crippen molar-refractivity contribution in [1.82, 2.24) is 19.1 Å². The van der Waals surface area contributed by atoms with Gasteiger partial charge < -0.3 is 9.13 Å². The number of fused-ring (bicyclic) bond motifs is 9. The van der Waals surface area contributed by atoms with Crippen molar-refractivity contribution in [1.29, 1.82) is 0 Å². The molecule has 9 aromatic carbocycles. The van der Waals surface area contributed by atoms with E-state index in [9.17, 15) is 0 Å². The fourth-order valence-electron chi connectivity index (χ4n) is 9.03. The standard InChI is InChI=1S/C54H34N4/c1-3-14-36(15-4-1)53-43-30-27-40(39-24-23-35-13-7-8-16-38(35)33-39)34-46(43)55-54(56-53)37-25-28-42(29-26-37)58-48-22-12-10-20-45(48)52-50(58)32-31-49-51(52)44-19-9-11-21-47(44)57(49)41-17-5-2-6-18-41/h1-34H. The van der Waals surface area contributed by atoms with E-state index in [0.717, 1.165) is 44.7 Å². The van der Waals surface area contributed by atoms with Gasteiger partial charge in [0.05, 0.1) is 33.3 Å². The van der Waals surface area contributed by atoms with Crippen LogP contribution in [0.1, 0.15) is 0 Å². The van der Waals surface area contributed by atoms with Crippen molar-refractivity contribution in [3.8, 4) is 45.1 Å². The number of benzene rings is 9. The lowest BCUT2D eigenvalue weighted by atomic mass is 9.98. The monoisotopic (exact) mass is 738 g/mol. The van der Waals surface area contributed by atoms with Gasteiger partial charge in [0.15, 0.2) is 5.82 Å². The molecular formula is C54H34N4. The first-order chi connectivity index (χ1) is 28.8. The molecule has 0 aliphatic carbocycles. The van der Waals surface area contributed by atoms with Gasteiger partial charge >= 0.3 is 0 Å². The van der Waals surface area contributed by atoms with E-state index < -0.39 is 0 Å². The van der Waals surface area contributed by atoms with E-state index in [0.29, 0.717) is 5.82 Å². The lowest BCUT2D eigenvalue weighted by Crippen LogP contribution is -1.97. The Morgan fingerprint density at radius 1 is 0.310 bits per heavy atom. The molecule has 0 N–H and O–H groups in total. The van der Waals surface area contributed by atoms with Gasteiger partial charge in [0.25, 0.3) is 0 Å². The zero-order valence-corrected chi connectivity index (χ0v) is 31.4. The van der Waals surface area contributed by atoms with Crippen LogP contribution >= 0.6 is 0 Å². The number of para-hydroxylation sites is 3. The molecule has 12 rings (SSSR count). The normalized spacial score (nSPS) is 11.8. The molecule has 0 unspecified atom stereocenters. The van der Waals surface area contributed by atoms with Crippen molar-refractivity contribution in [3.05, 3.63) is 206 Å². The van der Waals surface area contributed by atoms with E-state index in [1.165, 1.54) is 59.9 Å². The summed E-state index contributed by atoms with van der Waals surface area (Å²) in [5.41, 5.74) is 13.2. The maximum atomic E-state index is 5.25. The van der Waals surface area contributed by atoms with Gasteiger partial charge in [0.2, 0.25) is 0 Å². The van der Waals surface area contributed by atoms with Crippen LogP contribution in [0, 0.1) is 0 Å². The smallest absolute Gasteiger partial charge is 0.160 e. The Hall–Kier alpha value is -7.82. The largest absolute Gasteiger partial charge is 0.309 e. The highest BCUT2D eigenvalue weighted by Gasteiger charge is 2.21. The molecule has 3 heterocycles. The molecule has 0 aliphatic rings. The van der Waals surface area contributed by atoms with E-state index in [4.69, 9.17) is 9.97 Å². The molecule has 4 heteroatoms. The zero-order valence-electron chi connectivity index (χ0n) is 31.4. The van der Waals surface area contributed by atoms with Gasteiger partial charge in [-0.1, -0.05) is 127 Å². The molecule has 270 valence electrons. The minimum Gasteiger partial charge on any atom is -0.309 e. The highest BCUT2D eigenvalue weighted by molar-refractivity contribution is 6.28. The Morgan fingerprint density at radius 2 is 0.845 bits per heavy atom. The van der Waals surface area contributed by atoms with Crippen LogP contribution in [-0.2, 0) is 0 Å². The zero-order chi connectivity index (χ0) is 38.2. The van der Waals surface area contributed by atoms with Crippen LogP contribution < -0.4 is 0 Å². The average Bonchev–Trinajstić information content (AvgIpc) is 3.82. The molecular weight excluding hydrogens is 705 g/mol. The van der Waals surface area contributed by atoms with Crippen LogP contribution in [0.2, 0.25) is 0 Å².